The van der Waals surface area contributed by atoms with Crippen molar-refractivity contribution in [3.8, 4) is 5.75 Å². The van der Waals surface area contributed by atoms with Crippen LogP contribution in [0.3, 0.4) is 0 Å². The predicted molar refractivity (Wildman–Crippen MR) is 256 cm³/mol. The summed E-state index contributed by atoms with van der Waals surface area (Å²) >= 11 is 0. The number of rotatable bonds is 18. The zero-order valence-electron chi connectivity index (χ0n) is 39.6. The summed E-state index contributed by atoms with van der Waals surface area (Å²) in [5, 5.41) is 14.2. The first-order chi connectivity index (χ1) is 31.5. The molecule has 4 heterocycles. The van der Waals surface area contributed by atoms with Gasteiger partial charge in [0.15, 0.2) is 29.6 Å². The van der Waals surface area contributed by atoms with E-state index in [0.29, 0.717) is 5.75 Å². The van der Waals surface area contributed by atoms with E-state index in [4.69, 9.17) is 28.4 Å². The van der Waals surface area contributed by atoms with Crippen molar-refractivity contribution in [2.24, 2.45) is 17.8 Å². The van der Waals surface area contributed by atoms with Crippen molar-refractivity contribution >= 4 is 35.0 Å². The number of halogens is 2. The Morgan fingerprint density at radius 1 is 0.841 bits per heavy atom. The van der Waals surface area contributed by atoms with Gasteiger partial charge in [-0.3, -0.25) is 47.4 Å². The van der Waals surface area contributed by atoms with Gasteiger partial charge in [0, 0.05) is 48.9 Å². The minimum atomic E-state index is -3.87. The lowest BCUT2D eigenvalue weighted by molar-refractivity contribution is -0.149. The molecule has 2 aliphatic heterocycles. The molecule has 3 aromatic rings. The Hall–Kier alpha value is -4.05. The van der Waals surface area contributed by atoms with Crippen LogP contribution in [0.2, 0.25) is 0 Å². The van der Waals surface area contributed by atoms with Gasteiger partial charge in [0.1, 0.15) is 20.3 Å². The third kappa shape index (κ3) is 16.8. The van der Waals surface area contributed by atoms with Crippen molar-refractivity contribution in [2.45, 2.75) is 131 Å². The van der Waals surface area contributed by atoms with E-state index >= 15 is 4.39 Å². The molecule has 2 saturated heterocycles. The van der Waals surface area contributed by atoms with Crippen LogP contribution >= 0.6 is 23.2 Å². The summed E-state index contributed by atoms with van der Waals surface area (Å²) in [7, 11) is -8.10. The number of aliphatic hydroxyl groups is 1. The highest BCUT2D eigenvalue weighted by Gasteiger charge is 2.54. The number of Topliss-reactive ketones (excluding diaryl/α,β-unsaturated/α-hetero) is 1. The van der Waals surface area contributed by atoms with Gasteiger partial charge in [-0.2, -0.15) is 5.20 Å². The molecule has 0 spiro atoms. The maximum atomic E-state index is 15.4. The molecule has 69 heavy (non-hydrogen) atoms. The number of nitrogens with one attached hydrogen (secondary N) is 5. The smallest absolute Gasteiger partial charge is 0.330 e. The number of hydrazine groups is 1. The summed E-state index contributed by atoms with van der Waals surface area (Å²) in [6, 6.07) is 9.64. The second-order valence-electron chi connectivity index (χ2n) is 17.2. The van der Waals surface area contributed by atoms with Crippen LogP contribution in [-0.2, 0) is 37.5 Å². The van der Waals surface area contributed by atoms with Crippen molar-refractivity contribution in [3.05, 3.63) is 96.5 Å². The van der Waals surface area contributed by atoms with Crippen molar-refractivity contribution in [1.29, 1.82) is 0 Å². The minimum Gasteiger partial charge on any atom is -0.462 e. The lowest BCUT2D eigenvalue weighted by Crippen LogP contribution is -2.44. The molecule has 22 nitrogen and oxygen atoms in total. The second kappa shape index (κ2) is 25.9. The van der Waals surface area contributed by atoms with Gasteiger partial charge in [-0.25, -0.2) is 28.9 Å². The molecular weight excluding hydrogens is 973 g/mol. The fourth-order valence-corrected chi connectivity index (χ4v) is 10.0. The van der Waals surface area contributed by atoms with Crippen LogP contribution in [0, 0.1) is 17.8 Å². The van der Waals surface area contributed by atoms with E-state index in [1.807, 2.05) is 29.9 Å². The van der Waals surface area contributed by atoms with Crippen molar-refractivity contribution < 1.29 is 60.8 Å². The number of aliphatic hydroxyl groups excluding tert-OH is 1. The molecule has 13 atom stereocenters. The summed E-state index contributed by atoms with van der Waals surface area (Å²) in [6.45, 7) is 16.6. The van der Waals surface area contributed by atoms with E-state index in [9.17, 15) is 47.2 Å². The first-order valence-corrected chi connectivity index (χ1v) is 26.9. The number of ketones is 1. The number of esters is 1. The van der Waals surface area contributed by atoms with E-state index in [-0.39, 0.29) is 38.4 Å². The number of H-pyrrole nitrogens is 2. The monoisotopic (exact) mass is 1040 g/mol. The van der Waals surface area contributed by atoms with Crippen LogP contribution in [-0.4, -0.2) is 102 Å². The highest BCUT2D eigenvalue weighted by atomic mass is 32.1. The normalized spacial score (nSPS) is 26.9. The number of hydrogen-bond donors (Lipinski definition) is 7. The summed E-state index contributed by atoms with van der Waals surface area (Å²) < 4.78 is 83.7. The average molecular weight is 1040 g/mol. The predicted octanol–water partition coefficient (Wildman–Crippen LogP) is 4.46. The van der Waals surface area contributed by atoms with Crippen LogP contribution < -0.4 is 42.7 Å². The van der Waals surface area contributed by atoms with Crippen molar-refractivity contribution in [2.75, 3.05) is 19.9 Å². The Balaban J connectivity index is 0.000000372. The van der Waals surface area contributed by atoms with E-state index in [2.05, 4.69) is 15.7 Å². The molecule has 7 N–H and O–H groups in total. The molecule has 1 aromatic carbocycles. The molecule has 390 valence electrons. The number of hydrogen-bond acceptors (Lipinski definition) is 16. The molecule has 2 aliphatic rings. The van der Waals surface area contributed by atoms with Crippen LogP contribution in [0.5, 0.6) is 5.75 Å². The molecule has 5 rings (SSSR count). The van der Waals surface area contributed by atoms with E-state index in [0.717, 1.165) is 27.5 Å². The van der Waals surface area contributed by atoms with Gasteiger partial charge in [-0.05, 0) is 53.7 Å². The lowest BCUT2D eigenvalue weighted by Gasteiger charge is -2.26. The molecule has 0 aliphatic carbocycles. The molecule has 0 bridgehead atoms. The molecule has 2 fully saturated rings. The third-order valence-corrected chi connectivity index (χ3v) is 15.1. The Kier molecular flexibility index (Phi) is 22.9. The number of aromatic amines is 2. The van der Waals surface area contributed by atoms with E-state index in [1.54, 1.807) is 52.0 Å². The molecule has 0 amide bonds. The molecule has 0 saturated carbocycles. The zero-order valence-corrected chi connectivity index (χ0v) is 42.4. The Labute approximate surface area is 400 Å². The maximum Gasteiger partial charge on any atom is 0.330 e. The summed E-state index contributed by atoms with van der Waals surface area (Å²) in [4.78, 5) is 83.2. The van der Waals surface area contributed by atoms with Gasteiger partial charge < -0.3 is 33.3 Å². The largest absolute Gasteiger partial charge is 0.462 e. The first-order valence-electron chi connectivity index (χ1n) is 21.5. The highest BCUT2D eigenvalue weighted by Crippen LogP contribution is 2.60. The standard InChI is InChI=1S/C17H28FN3O8P2.C13H21N2O3P.C11H15FN2O4.CH4/c1-9(2)28-14(23)11(4)20-31(26,30-25)27-8-12-10(3)17(5,18)15(29-12)21-7-6-13(22)19-16(21)24;1-10(2)13(16)11(3)14-15-19(4,17)18-12-8-6-5-7-9-12;1-6-7(5-15)18-9(11(6,2)12)14-4-3-8(16)13-10(14)17;/h6-7,9-12,15,25,30H,8H2,1-5H3,(H,20,26)(H,19,22,24);5-11,14H,1-4H3,(H,15,17);3-4,6-7,9,15H,5H2,1-2H3,(H,13,16,17);1H4/t10-,11+,12-,15-,17-,31+;11-,19+;6-,7-,9-,11-;/m101./s1. The quantitative estimate of drug-likeness (QED) is 0.0525. The van der Waals surface area contributed by atoms with Gasteiger partial charge in [-0.1, -0.05) is 53.3 Å². The number of benzene rings is 1. The summed E-state index contributed by atoms with van der Waals surface area (Å²) in [6.07, 6.45) is -2.18. The van der Waals surface area contributed by atoms with E-state index in [1.165, 1.54) is 40.6 Å². The number of carbonyl (C=O) groups is 2. The highest BCUT2D eigenvalue weighted by molar-refractivity contribution is 8.19. The topological polar surface area (TPSA) is 301 Å². The number of aromatic nitrogens is 4. The fourth-order valence-electron chi connectivity index (χ4n) is 6.70. The van der Waals surface area contributed by atoms with Crippen LogP contribution in [0.25, 0.3) is 0 Å². The molecule has 0 radical (unpaired) electrons. The van der Waals surface area contributed by atoms with Gasteiger partial charge in [0.2, 0.25) is 0 Å². The molecule has 2 aromatic heterocycles. The van der Waals surface area contributed by atoms with Crippen LogP contribution in [0.1, 0.15) is 89.1 Å². The average Bonchev–Trinajstić information content (AvgIpc) is 3.63. The van der Waals surface area contributed by atoms with Crippen LogP contribution in [0.4, 0.5) is 8.78 Å². The molecular formula is C42H68F2N7O15P3. The van der Waals surface area contributed by atoms with Crippen LogP contribution in [0.15, 0.2) is 74.0 Å². The van der Waals surface area contributed by atoms with E-state index < -0.39 is 112 Å². The molecule has 27 heteroatoms. The molecule has 1 unspecified atom stereocenters. The Bertz CT molecular complexity index is 2490. The summed E-state index contributed by atoms with van der Waals surface area (Å²) in [5.41, 5.74) is -3.85. The van der Waals surface area contributed by atoms with Gasteiger partial charge in [-0.15, -0.1) is 0 Å². The van der Waals surface area contributed by atoms with Gasteiger partial charge in [0.05, 0.1) is 37.6 Å². The van der Waals surface area contributed by atoms with Crippen molar-refractivity contribution in [3.63, 3.8) is 0 Å². The Morgan fingerprint density at radius 2 is 1.32 bits per heavy atom. The number of alkyl halides is 2. The lowest BCUT2D eigenvalue weighted by atomic mass is 9.90. The fraction of sp³-hybridized carbons (Fsp3) is 0.619. The van der Waals surface area contributed by atoms with Gasteiger partial charge in [0.25, 0.3) is 11.1 Å². The second-order valence-corrected chi connectivity index (χ2v) is 23.5. The summed E-state index contributed by atoms with van der Waals surface area (Å²) in [5.74, 6) is -1.54. The Morgan fingerprint density at radius 3 is 1.74 bits per heavy atom. The number of para-hydroxylation sites is 1. The van der Waals surface area contributed by atoms with Gasteiger partial charge >= 0.3 is 32.1 Å². The van der Waals surface area contributed by atoms with Crippen molar-refractivity contribution in [1.82, 2.24) is 34.8 Å². The number of ether oxygens (including phenoxy) is 3. The third-order valence-electron chi connectivity index (χ3n) is 11.0. The first kappa shape index (κ1) is 61.1. The zero-order chi connectivity index (χ0) is 51.5. The number of nitrogens with zero attached hydrogens (tertiary/aromatic N) is 2. The SMILES string of the molecule is C.CC(C)C(=O)[C@H](C)NN[P@](C)(=O)Oc1ccccc1.CC(C)OC(=O)[C@H](C)N[P@](=O)(OC[C@H]1O[C@@H](n2ccc(=O)[nH]c2=O)[C@](C)(F)[C@@H]1C)PO.C[C@@H]1[C@@H](CO)O[C@@H](n2ccc(=O)[nH]c2=O)[C@]1(C)F. The maximum absolute atomic E-state index is 15.4. The minimum absolute atomic E-state index is 0. The number of carbonyl (C=O) groups excluding carboxylic acids is 2.